The third kappa shape index (κ3) is 3.30. The Bertz CT molecular complexity index is 590. The first kappa shape index (κ1) is 15.0. The largest absolute Gasteiger partial charge is 0.311 e. The van der Waals surface area contributed by atoms with Crippen molar-refractivity contribution >= 4 is 10.0 Å². The van der Waals surface area contributed by atoms with Crippen LogP contribution in [0.25, 0.3) is 0 Å². The maximum atomic E-state index is 12.8. The molecule has 0 radical (unpaired) electrons. The highest BCUT2D eigenvalue weighted by Crippen LogP contribution is 2.45. The summed E-state index contributed by atoms with van der Waals surface area (Å²) in [5, 5.41) is 10.1. The van der Waals surface area contributed by atoms with Crippen LogP contribution in [0.15, 0.2) is 4.90 Å². The van der Waals surface area contributed by atoms with Crippen LogP contribution in [0.2, 0.25) is 0 Å². The number of hydrogen-bond donors (Lipinski definition) is 3. The lowest BCUT2D eigenvalue weighted by Crippen LogP contribution is -2.38. The molecule has 21 heavy (non-hydrogen) atoms. The molecule has 0 amide bonds. The molecule has 2 aliphatic carbocycles. The van der Waals surface area contributed by atoms with Crippen LogP contribution in [0.4, 0.5) is 0 Å². The van der Waals surface area contributed by atoms with Gasteiger partial charge in [0.2, 0.25) is 10.0 Å². The van der Waals surface area contributed by atoms with Gasteiger partial charge in [0, 0.05) is 12.6 Å². The Labute approximate surface area is 126 Å². The topological polar surface area (TPSA) is 86.9 Å². The van der Waals surface area contributed by atoms with E-state index in [4.69, 9.17) is 0 Å². The van der Waals surface area contributed by atoms with Crippen LogP contribution in [0.5, 0.6) is 0 Å². The third-order valence-electron chi connectivity index (χ3n) is 4.32. The minimum absolute atomic E-state index is 0.122. The molecule has 0 atom stereocenters. The van der Waals surface area contributed by atoms with Crippen molar-refractivity contribution in [1.29, 1.82) is 0 Å². The zero-order chi connectivity index (χ0) is 15.0. The molecule has 7 heteroatoms. The summed E-state index contributed by atoms with van der Waals surface area (Å²) in [5.74, 6) is 1.08. The fourth-order valence-corrected chi connectivity index (χ4v) is 4.65. The summed E-state index contributed by atoms with van der Waals surface area (Å²) < 4.78 is 28.5. The number of nitrogens with one attached hydrogen (secondary N) is 3. The van der Waals surface area contributed by atoms with Gasteiger partial charge in [0.15, 0.2) is 0 Å². The summed E-state index contributed by atoms with van der Waals surface area (Å²) in [4.78, 5) is 0.328. The van der Waals surface area contributed by atoms with Crippen molar-refractivity contribution in [2.45, 2.75) is 57.0 Å². The molecule has 0 spiro atoms. The summed E-state index contributed by atoms with van der Waals surface area (Å²) >= 11 is 0. The Balaban J connectivity index is 1.81. The third-order valence-corrected chi connectivity index (χ3v) is 5.99. The van der Waals surface area contributed by atoms with Crippen molar-refractivity contribution in [2.75, 3.05) is 6.54 Å². The second kappa shape index (κ2) is 5.70. The zero-order valence-corrected chi connectivity index (χ0v) is 13.5. The van der Waals surface area contributed by atoms with Gasteiger partial charge in [-0.1, -0.05) is 6.92 Å². The molecule has 1 aromatic rings. The van der Waals surface area contributed by atoms with Crippen LogP contribution in [-0.4, -0.2) is 31.2 Å². The van der Waals surface area contributed by atoms with E-state index in [2.05, 4.69) is 20.2 Å². The minimum atomic E-state index is -3.50. The van der Waals surface area contributed by atoms with Crippen LogP contribution >= 0.6 is 0 Å². The number of hydrogen-bond acceptors (Lipinski definition) is 4. The average Bonchev–Trinajstić information content (AvgIpc) is 3.33. The van der Waals surface area contributed by atoms with Gasteiger partial charge < -0.3 is 5.32 Å². The van der Waals surface area contributed by atoms with Crippen LogP contribution in [-0.2, 0) is 16.6 Å². The Morgan fingerprint density at radius 1 is 1.29 bits per heavy atom. The molecule has 2 aliphatic rings. The number of H-pyrrole nitrogens is 1. The zero-order valence-electron chi connectivity index (χ0n) is 12.6. The highest BCUT2D eigenvalue weighted by molar-refractivity contribution is 7.89. The van der Waals surface area contributed by atoms with Crippen LogP contribution in [0, 0.1) is 18.8 Å². The quantitative estimate of drug-likeness (QED) is 0.675. The van der Waals surface area contributed by atoms with Crippen molar-refractivity contribution in [3.63, 3.8) is 0 Å². The maximum Gasteiger partial charge on any atom is 0.244 e. The number of aromatic amines is 1. The average molecular weight is 312 g/mol. The number of aryl methyl sites for hydroxylation is 1. The lowest BCUT2D eigenvalue weighted by Gasteiger charge is -2.18. The molecule has 6 nitrogen and oxygen atoms in total. The standard InChI is InChI=1S/C14H24N4O2S/c1-3-15-8-12-14(9(2)16-17-12)21(19,20)18-13(10-4-5-10)11-6-7-11/h10-11,13,15,18H,3-8H2,1-2H3,(H,16,17). The minimum Gasteiger partial charge on any atom is -0.311 e. The van der Waals surface area contributed by atoms with Gasteiger partial charge in [0.1, 0.15) is 4.90 Å². The van der Waals surface area contributed by atoms with Gasteiger partial charge in [-0.3, -0.25) is 5.10 Å². The van der Waals surface area contributed by atoms with Gasteiger partial charge in [-0.25, -0.2) is 13.1 Å². The predicted octanol–water partition coefficient (Wildman–Crippen LogP) is 1.29. The SMILES string of the molecule is CCNCc1n[nH]c(C)c1S(=O)(=O)NC(C1CC1)C1CC1. The first-order valence-electron chi connectivity index (χ1n) is 7.79. The van der Waals surface area contributed by atoms with E-state index in [0.29, 0.717) is 34.7 Å². The normalized spacial score (nSPS) is 19.4. The summed E-state index contributed by atoms with van der Waals surface area (Å²) in [6.45, 7) is 5.00. The molecular weight excluding hydrogens is 288 g/mol. The van der Waals surface area contributed by atoms with Crippen molar-refractivity contribution in [2.24, 2.45) is 11.8 Å². The molecule has 1 aromatic heterocycles. The van der Waals surface area contributed by atoms with E-state index < -0.39 is 10.0 Å². The van der Waals surface area contributed by atoms with E-state index in [1.807, 2.05) is 6.92 Å². The molecule has 0 aromatic carbocycles. The van der Waals surface area contributed by atoms with Gasteiger partial charge in [-0.2, -0.15) is 5.10 Å². The molecule has 2 saturated carbocycles. The molecule has 3 rings (SSSR count). The molecule has 0 unspecified atom stereocenters. The van der Waals surface area contributed by atoms with E-state index in [1.165, 1.54) is 0 Å². The molecule has 1 heterocycles. The van der Waals surface area contributed by atoms with E-state index in [-0.39, 0.29) is 6.04 Å². The molecule has 0 aliphatic heterocycles. The summed E-state index contributed by atoms with van der Waals surface area (Å²) in [6, 6.07) is 0.122. The Hall–Kier alpha value is -0.920. The van der Waals surface area contributed by atoms with Gasteiger partial charge in [-0.05, 0) is 51.0 Å². The second-order valence-electron chi connectivity index (χ2n) is 6.23. The van der Waals surface area contributed by atoms with Crippen molar-refractivity contribution in [3.05, 3.63) is 11.4 Å². The van der Waals surface area contributed by atoms with E-state index in [9.17, 15) is 8.42 Å². The van der Waals surface area contributed by atoms with E-state index in [0.717, 1.165) is 32.2 Å². The molecule has 2 fully saturated rings. The molecule has 0 bridgehead atoms. The summed E-state index contributed by atoms with van der Waals surface area (Å²) in [7, 11) is -3.50. The first-order chi connectivity index (χ1) is 10.0. The lowest BCUT2D eigenvalue weighted by atomic mass is 10.1. The van der Waals surface area contributed by atoms with E-state index >= 15 is 0 Å². The van der Waals surface area contributed by atoms with Gasteiger partial charge in [-0.15, -0.1) is 0 Å². The highest BCUT2D eigenvalue weighted by atomic mass is 32.2. The maximum absolute atomic E-state index is 12.8. The number of nitrogens with zero attached hydrogens (tertiary/aromatic N) is 1. The van der Waals surface area contributed by atoms with E-state index in [1.54, 1.807) is 6.92 Å². The molecular formula is C14H24N4O2S. The first-order valence-corrected chi connectivity index (χ1v) is 9.28. The van der Waals surface area contributed by atoms with Crippen LogP contribution in [0.1, 0.15) is 44.0 Å². The lowest BCUT2D eigenvalue weighted by molar-refractivity contribution is 0.470. The van der Waals surface area contributed by atoms with Gasteiger partial charge >= 0.3 is 0 Å². The van der Waals surface area contributed by atoms with Crippen LogP contribution in [0.3, 0.4) is 0 Å². The Morgan fingerprint density at radius 2 is 1.90 bits per heavy atom. The number of sulfonamides is 1. The van der Waals surface area contributed by atoms with Gasteiger partial charge in [0.25, 0.3) is 0 Å². The van der Waals surface area contributed by atoms with Crippen LogP contribution < -0.4 is 10.0 Å². The highest BCUT2D eigenvalue weighted by Gasteiger charge is 2.44. The molecule has 3 N–H and O–H groups in total. The van der Waals surface area contributed by atoms with Crippen molar-refractivity contribution in [1.82, 2.24) is 20.2 Å². The Morgan fingerprint density at radius 3 is 2.43 bits per heavy atom. The number of aromatic nitrogens is 2. The van der Waals surface area contributed by atoms with Crippen molar-refractivity contribution in [3.8, 4) is 0 Å². The van der Waals surface area contributed by atoms with Crippen molar-refractivity contribution < 1.29 is 8.42 Å². The second-order valence-corrected chi connectivity index (χ2v) is 7.88. The summed E-state index contributed by atoms with van der Waals surface area (Å²) in [6.07, 6.45) is 4.60. The fourth-order valence-electron chi connectivity index (χ4n) is 2.92. The monoisotopic (exact) mass is 312 g/mol. The smallest absolute Gasteiger partial charge is 0.244 e. The number of rotatable bonds is 8. The fraction of sp³-hybridized carbons (Fsp3) is 0.786. The van der Waals surface area contributed by atoms with Gasteiger partial charge in [0.05, 0.1) is 11.4 Å². The molecule has 118 valence electrons. The molecule has 0 saturated heterocycles. The summed E-state index contributed by atoms with van der Waals surface area (Å²) in [5.41, 5.74) is 1.19. The predicted molar refractivity (Wildman–Crippen MR) is 80.3 cm³/mol. The Kier molecular flexibility index (Phi) is 4.07.